The summed E-state index contributed by atoms with van der Waals surface area (Å²) >= 11 is 0. The van der Waals surface area contributed by atoms with E-state index in [2.05, 4.69) is 13.8 Å². The maximum absolute atomic E-state index is 12.7. The predicted molar refractivity (Wildman–Crippen MR) is 322 cm³/mol. The summed E-state index contributed by atoms with van der Waals surface area (Å²) < 4.78 is 33.2. The van der Waals surface area contributed by atoms with E-state index in [0.717, 1.165) is 32.1 Å². The second-order valence-electron chi connectivity index (χ2n) is 23.1. The summed E-state index contributed by atoms with van der Waals surface area (Å²) in [4.78, 5) is 35.3. The highest BCUT2D eigenvalue weighted by atomic mass is 31.2. The number of esters is 2. The number of carbonyl (C=O) groups excluding carboxylic acids is 2. The van der Waals surface area contributed by atoms with Crippen LogP contribution >= 0.6 is 7.82 Å². The molecule has 0 saturated heterocycles. The lowest BCUT2D eigenvalue weighted by molar-refractivity contribution is -0.161. The highest BCUT2D eigenvalue weighted by molar-refractivity contribution is 7.47. The first-order valence-corrected chi connectivity index (χ1v) is 35.0. The lowest BCUT2D eigenvalue weighted by Gasteiger charge is -2.19. The van der Waals surface area contributed by atoms with Gasteiger partial charge in [0.2, 0.25) is 0 Å². The van der Waals surface area contributed by atoms with E-state index < -0.39 is 26.5 Å². The van der Waals surface area contributed by atoms with Gasteiger partial charge in [-0.25, -0.2) is 4.57 Å². The molecule has 3 N–H and O–H groups in total. The lowest BCUT2D eigenvalue weighted by atomic mass is 10.0. The topological polar surface area (TPSA) is 134 Å². The number of phosphoric acid groups is 1. The molecule has 0 aromatic carbocycles. The fourth-order valence-electron chi connectivity index (χ4n) is 10.5. The van der Waals surface area contributed by atoms with Crippen LogP contribution in [-0.4, -0.2) is 49.3 Å². The van der Waals surface area contributed by atoms with Crippen molar-refractivity contribution in [3.8, 4) is 0 Å². The molecule has 0 aromatic heterocycles. The van der Waals surface area contributed by atoms with Crippen LogP contribution < -0.4 is 5.73 Å². The Labute approximate surface area is 467 Å². The number of nitrogens with two attached hydrogens (primary N) is 1. The van der Waals surface area contributed by atoms with Crippen LogP contribution in [0.25, 0.3) is 0 Å². The third kappa shape index (κ3) is 62.1. The summed E-state index contributed by atoms with van der Waals surface area (Å²) in [7, 11) is -4.38. The van der Waals surface area contributed by atoms with Crippen LogP contribution in [0.1, 0.15) is 373 Å². The average molecular weight is 1080 g/mol. The Balaban J connectivity index is 3.82. The van der Waals surface area contributed by atoms with Crippen LogP contribution in [0.5, 0.6) is 0 Å². The van der Waals surface area contributed by atoms with Gasteiger partial charge in [-0.05, 0) is 12.8 Å². The van der Waals surface area contributed by atoms with E-state index in [9.17, 15) is 19.0 Å². The number of unbranched alkanes of at least 4 members (excludes halogenated alkanes) is 52. The molecule has 1 unspecified atom stereocenters. The van der Waals surface area contributed by atoms with Gasteiger partial charge in [-0.3, -0.25) is 18.6 Å². The number of ether oxygens (including phenoxy) is 2. The Kier molecular flexibility index (Phi) is 61.4. The maximum Gasteiger partial charge on any atom is 0.472 e. The molecular formula is C65H130NO8P. The zero-order valence-corrected chi connectivity index (χ0v) is 51.2. The minimum absolute atomic E-state index is 0.0588. The van der Waals surface area contributed by atoms with E-state index in [-0.39, 0.29) is 32.1 Å². The van der Waals surface area contributed by atoms with Crippen molar-refractivity contribution in [1.82, 2.24) is 0 Å². The molecule has 75 heavy (non-hydrogen) atoms. The Morgan fingerprint density at radius 1 is 0.347 bits per heavy atom. The molecule has 0 saturated carbocycles. The standard InChI is InChI=1S/C65H130NO8P/c1-3-5-7-9-11-13-15-17-19-21-23-25-27-29-31-33-35-37-39-41-43-45-47-49-51-53-55-57-64(67)71-61-63(62-73-75(69,70)72-60-59-66)74-65(68)58-56-54-52-50-48-46-44-42-40-38-36-34-32-30-28-26-24-22-20-18-16-14-12-10-8-6-4-2/h63H,3-62,66H2,1-2H3,(H,69,70)/t63-/m1/s1. The van der Waals surface area contributed by atoms with Crippen LogP contribution in [0.3, 0.4) is 0 Å². The maximum atomic E-state index is 12.7. The van der Waals surface area contributed by atoms with Gasteiger partial charge in [0.1, 0.15) is 6.61 Å². The minimum Gasteiger partial charge on any atom is -0.462 e. The molecule has 0 aliphatic heterocycles. The monoisotopic (exact) mass is 1080 g/mol. The van der Waals surface area contributed by atoms with Crippen molar-refractivity contribution in [2.24, 2.45) is 5.73 Å². The summed E-state index contributed by atoms with van der Waals surface area (Å²) in [5, 5.41) is 0. The van der Waals surface area contributed by atoms with Crippen LogP contribution in [-0.2, 0) is 32.7 Å². The van der Waals surface area contributed by atoms with Crippen molar-refractivity contribution in [3.05, 3.63) is 0 Å². The number of hydrogen-bond acceptors (Lipinski definition) is 8. The van der Waals surface area contributed by atoms with Gasteiger partial charge in [-0.2, -0.15) is 0 Å². The Hall–Kier alpha value is -0.990. The largest absolute Gasteiger partial charge is 0.472 e. The molecular weight excluding hydrogens is 954 g/mol. The molecule has 9 nitrogen and oxygen atoms in total. The van der Waals surface area contributed by atoms with E-state index in [1.54, 1.807) is 0 Å². The van der Waals surface area contributed by atoms with Crippen LogP contribution in [0.4, 0.5) is 0 Å². The molecule has 0 radical (unpaired) electrons. The zero-order chi connectivity index (χ0) is 54.5. The van der Waals surface area contributed by atoms with Crippen LogP contribution in [0.2, 0.25) is 0 Å². The Morgan fingerprint density at radius 3 is 0.813 bits per heavy atom. The normalized spacial score (nSPS) is 12.9. The molecule has 0 heterocycles. The first kappa shape index (κ1) is 74.0. The van der Waals surface area contributed by atoms with Gasteiger partial charge in [0.25, 0.3) is 0 Å². The molecule has 0 aromatic rings. The number of phosphoric ester groups is 1. The molecule has 448 valence electrons. The molecule has 10 heteroatoms. The molecule has 2 atom stereocenters. The third-order valence-electron chi connectivity index (χ3n) is 15.5. The van der Waals surface area contributed by atoms with Crippen LogP contribution in [0, 0.1) is 0 Å². The fourth-order valence-corrected chi connectivity index (χ4v) is 11.3. The van der Waals surface area contributed by atoms with Crippen molar-refractivity contribution < 1.29 is 37.6 Å². The smallest absolute Gasteiger partial charge is 0.462 e. The van der Waals surface area contributed by atoms with Crippen molar-refractivity contribution in [3.63, 3.8) is 0 Å². The van der Waals surface area contributed by atoms with E-state index in [4.69, 9.17) is 24.3 Å². The van der Waals surface area contributed by atoms with E-state index in [0.29, 0.717) is 12.8 Å². The molecule has 0 bridgehead atoms. The van der Waals surface area contributed by atoms with Gasteiger partial charge in [-0.15, -0.1) is 0 Å². The highest BCUT2D eigenvalue weighted by Crippen LogP contribution is 2.43. The SMILES string of the molecule is CCCCCCCCCCCCCCCCCCCCCCCCCCCCCC(=O)OC[C@H](COP(=O)(O)OCCN)OC(=O)CCCCCCCCCCCCCCCCCCCCCCCCCCCCC. The van der Waals surface area contributed by atoms with E-state index >= 15 is 0 Å². The van der Waals surface area contributed by atoms with Crippen LogP contribution in [0.15, 0.2) is 0 Å². The van der Waals surface area contributed by atoms with Gasteiger partial charge >= 0.3 is 19.8 Å². The third-order valence-corrected chi connectivity index (χ3v) is 16.5. The van der Waals surface area contributed by atoms with Gasteiger partial charge in [0, 0.05) is 19.4 Å². The van der Waals surface area contributed by atoms with Crippen molar-refractivity contribution in [2.45, 2.75) is 380 Å². The summed E-state index contributed by atoms with van der Waals surface area (Å²) in [6, 6.07) is 0. The molecule has 0 aliphatic carbocycles. The quantitative estimate of drug-likeness (QED) is 0.0347. The van der Waals surface area contributed by atoms with Crippen molar-refractivity contribution in [1.29, 1.82) is 0 Å². The average Bonchev–Trinajstić information content (AvgIpc) is 3.40. The lowest BCUT2D eigenvalue weighted by Crippen LogP contribution is -2.29. The highest BCUT2D eigenvalue weighted by Gasteiger charge is 2.26. The van der Waals surface area contributed by atoms with Gasteiger partial charge in [-0.1, -0.05) is 348 Å². The Bertz CT molecular complexity index is 1190. The zero-order valence-electron chi connectivity index (χ0n) is 50.3. The van der Waals surface area contributed by atoms with Crippen molar-refractivity contribution in [2.75, 3.05) is 26.4 Å². The first-order chi connectivity index (χ1) is 36.8. The molecule has 0 rings (SSSR count). The minimum atomic E-state index is -4.38. The first-order valence-electron chi connectivity index (χ1n) is 33.5. The van der Waals surface area contributed by atoms with Gasteiger partial charge < -0.3 is 20.1 Å². The summed E-state index contributed by atoms with van der Waals surface area (Å²) in [6.07, 6.45) is 71.9. The van der Waals surface area contributed by atoms with Gasteiger partial charge in [0.15, 0.2) is 6.10 Å². The number of carbonyl (C=O) groups is 2. The predicted octanol–water partition coefficient (Wildman–Crippen LogP) is 21.4. The van der Waals surface area contributed by atoms with Gasteiger partial charge in [0.05, 0.1) is 13.2 Å². The molecule has 0 spiro atoms. The Morgan fingerprint density at radius 2 is 0.573 bits per heavy atom. The number of rotatable bonds is 65. The number of hydrogen-bond donors (Lipinski definition) is 2. The summed E-state index contributed by atoms with van der Waals surface area (Å²) in [6.45, 7) is 3.84. The summed E-state index contributed by atoms with van der Waals surface area (Å²) in [5.74, 6) is -0.798. The van der Waals surface area contributed by atoms with E-state index in [1.165, 1.54) is 308 Å². The van der Waals surface area contributed by atoms with E-state index in [1.807, 2.05) is 0 Å². The fraction of sp³-hybridized carbons (Fsp3) is 0.969. The molecule has 0 fully saturated rings. The molecule has 0 amide bonds. The van der Waals surface area contributed by atoms with Crippen molar-refractivity contribution >= 4 is 19.8 Å². The molecule has 0 aliphatic rings. The second-order valence-corrected chi connectivity index (χ2v) is 24.5. The second kappa shape index (κ2) is 62.2. The summed E-state index contributed by atoms with van der Waals surface area (Å²) in [5.41, 5.74) is 5.40.